The van der Waals surface area contributed by atoms with E-state index < -0.39 is 10.0 Å². The number of hydrogen-bond acceptors (Lipinski definition) is 6. The number of aromatic nitrogens is 4. The topological polar surface area (TPSA) is 127 Å². The molecule has 0 atom stereocenters. The minimum atomic E-state index is -3.68. The van der Waals surface area contributed by atoms with Crippen molar-refractivity contribution in [2.75, 3.05) is 5.32 Å². The lowest BCUT2D eigenvalue weighted by Gasteiger charge is -2.04. The van der Waals surface area contributed by atoms with Crippen molar-refractivity contribution >= 4 is 15.7 Å². The van der Waals surface area contributed by atoms with Gasteiger partial charge in [-0.15, -0.1) is 0 Å². The Bertz CT molecular complexity index is 891. The third-order valence-corrected chi connectivity index (χ3v) is 4.04. The second-order valence-electron chi connectivity index (χ2n) is 4.76. The van der Waals surface area contributed by atoms with Crippen LogP contribution in [0.15, 0.2) is 53.7 Å². The van der Waals surface area contributed by atoms with Crippen molar-refractivity contribution in [1.29, 1.82) is 0 Å². The average Bonchev–Trinajstić information content (AvgIpc) is 3.02. The summed E-state index contributed by atoms with van der Waals surface area (Å²) in [4.78, 5) is 8.40. The van der Waals surface area contributed by atoms with Crippen molar-refractivity contribution in [2.24, 2.45) is 5.14 Å². The Balaban J connectivity index is 1.66. The SMILES string of the molecule is NS(=O)(=O)c1ccc(NCc2nc(-c3ccncc3)n[nH]2)cc1. The number of nitrogens with one attached hydrogen (secondary N) is 2. The highest BCUT2D eigenvalue weighted by molar-refractivity contribution is 7.89. The summed E-state index contributed by atoms with van der Waals surface area (Å²) in [5.74, 6) is 1.25. The molecular weight excluding hydrogens is 316 g/mol. The molecule has 0 saturated carbocycles. The summed E-state index contributed by atoms with van der Waals surface area (Å²) >= 11 is 0. The molecule has 1 aromatic carbocycles. The maximum Gasteiger partial charge on any atom is 0.238 e. The molecule has 4 N–H and O–H groups in total. The summed E-state index contributed by atoms with van der Waals surface area (Å²) in [7, 11) is -3.68. The number of aromatic amines is 1. The van der Waals surface area contributed by atoms with E-state index in [4.69, 9.17) is 5.14 Å². The van der Waals surface area contributed by atoms with Crippen LogP contribution < -0.4 is 10.5 Å². The van der Waals surface area contributed by atoms with Crippen molar-refractivity contribution < 1.29 is 8.42 Å². The second-order valence-corrected chi connectivity index (χ2v) is 6.33. The van der Waals surface area contributed by atoms with E-state index in [2.05, 4.69) is 25.5 Å². The zero-order valence-electron chi connectivity index (χ0n) is 12.0. The van der Waals surface area contributed by atoms with Gasteiger partial charge >= 0.3 is 0 Å². The van der Waals surface area contributed by atoms with Gasteiger partial charge in [0.1, 0.15) is 5.82 Å². The summed E-state index contributed by atoms with van der Waals surface area (Å²) in [6.45, 7) is 0.423. The van der Waals surface area contributed by atoms with Crippen molar-refractivity contribution in [3.8, 4) is 11.4 Å². The van der Waals surface area contributed by atoms with Gasteiger partial charge in [-0.05, 0) is 36.4 Å². The highest BCUT2D eigenvalue weighted by Gasteiger charge is 2.08. The van der Waals surface area contributed by atoms with Crippen LogP contribution in [0, 0.1) is 0 Å². The number of rotatable bonds is 5. The average molecular weight is 330 g/mol. The lowest BCUT2D eigenvalue weighted by Crippen LogP contribution is -2.12. The van der Waals surface area contributed by atoms with E-state index in [9.17, 15) is 8.42 Å². The van der Waals surface area contributed by atoms with E-state index in [0.717, 1.165) is 11.3 Å². The molecule has 0 radical (unpaired) electrons. The van der Waals surface area contributed by atoms with Crippen molar-refractivity contribution in [3.63, 3.8) is 0 Å². The van der Waals surface area contributed by atoms with Crippen LogP contribution in [0.3, 0.4) is 0 Å². The number of anilines is 1. The summed E-state index contributed by atoms with van der Waals surface area (Å²) in [5, 5.41) is 15.2. The molecule has 2 aromatic heterocycles. The molecule has 0 amide bonds. The van der Waals surface area contributed by atoms with Crippen LogP contribution >= 0.6 is 0 Å². The van der Waals surface area contributed by atoms with Crippen LogP contribution in [0.25, 0.3) is 11.4 Å². The lowest BCUT2D eigenvalue weighted by molar-refractivity contribution is 0.598. The van der Waals surface area contributed by atoms with Gasteiger partial charge in [0.2, 0.25) is 10.0 Å². The molecule has 3 aromatic rings. The van der Waals surface area contributed by atoms with Crippen molar-refractivity contribution in [1.82, 2.24) is 20.2 Å². The van der Waals surface area contributed by atoms with Gasteiger partial charge < -0.3 is 5.32 Å². The third-order valence-electron chi connectivity index (χ3n) is 3.11. The van der Waals surface area contributed by atoms with E-state index in [1.54, 1.807) is 24.5 Å². The molecule has 9 heteroatoms. The lowest BCUT2D eigenvalue weighted by atomic mass is 10.2. The first-order valence-electron chi connectivity index (χ1n) is 6.71. The smallest absolute Gasteiger partial charge is 0.238 e. The van der Waals surface area contributed by atoms with Gasteiger partial charge in [-0.1, -0.05) is 0 Å². The van der Waals surface area contributed by atoms with Gasteiger partial charge in [-0.25, -0.2) is 18.5 Å². The first kappa shape index (κ1) is 15.1. The Morgan fingerprint density at radius 1 is 1.09 bits per heavy atom. The fourth-order valence-corrected chi connectivity index (χ4v) is 2.47. The van der Waals surface area contributed by atoms with Gasteiger partial charge in [-0.3, -0.25) is 10.1 Å². The summed E-state index contributed by atoms with van der Waals surface area (Å²) in [5.41, 5.74) is 1.62. The van der Waals surface area contributed by atoms with Crippen LogP contribution in [0.4, 0.5) is 5.69 Å². The molecule has 23 heavy (non-hydrogen) atoms. The Labute approximate surface area is 132 Å². The van der Waals surface area contributed by atoms with Crippen LogP contribution in [0.1, 0.15) is 5.82 Å². The number of H-pyrrole nitrogens is 1. The van der Waals surface area contributed by atoms with E-state index in [1.807, 2.05) is 12.1 Å². The van der Waals surface area contributed by atoms with Gasteiger partial charge in [0.25, 0.3) is 0 Å². The standard InChI is InChI=1S/C14H14N6O2S/c15-23(21,22)12-3-1-11(2-4-12)17-9-13-18-14(20-19-13)10-5-7-16-8-6-10/h1-8,17H,9H2,(H2,15,21,22)(H,18,19,20). The van der Waals surface area contributed by atoms with Crippen LogP contribution in [0.5, 0.6) is 0 Å². The number of nitrogens with zero attached hydrogens (tertiary/aromatic N) is 3. The van der Waals surface area contributed by atoms with Crippen LogP contribution in [-0.2, 0) is 16.6 Å². The van der Waals surface area contributed by atoms with Gasteiger partial charge in [0, 0.05) is 23.6 Å². The van der Waals surface area contributed by atoms with E-state index in [-0.39, 0.29) is 4.90 Å². The Hall–Kier alpha value is -2.78. The number of hydrogen-bond donors (Lipinski definition) is 3. The maximum absolute atomic E-state index is 11.2. The monoisotopic (exact) mass is 330 g/mol. The normalized spacial score (nSPS) is 11.3. The van der Waals surface area contributed by atoms with Crippen LogP contribution in [0.2, 0.25) is 0 Å². The van der Waals surface area contributed by atoms with E-state index in [1.165, 1.54) is 12.1 Å². The number of primary sulfonamides is 1. The van der Waals surface area contributed by atoms with Gasteiger partial charge in [0.05, 0.1) is 11.4 Å². The van der Waals surface area contributed by atoms with E-state index in [0.29, 0.717) is 18.2 Å². The van der Waals surface area contributed by atoms with Crippen LogP contribution in [-0.4, -0.2) is 28.6 Å². The molecule has 118 valence electrons. The molecule has 0 spiro atoms. The molecule has 2 heterocycles. The highest BCUT2D eigenvalue weighted by Crippen LogP contribution is 2.15. The van der Waals surface area contributed by atoms with Gasteiger partial charge in [0.15, 0.2) is 5.82 Å². The molecular formula is C14H14N6O2S. The second kappa shape index (κ2) is 6.15. The fraction of sp³-hybridized carbons (Fsp3) is 0.0714. The number of benzene rings is 1. The zero-order valence-corrected chi connectivity index (χ0v) is 12.8. The number of sulfonamides is 1. The molecule has 0 aliphatic carbocycles. The molecule has 0 aliphatic heterocycles. The molecule has 8 nitrogen and oxygen atoms in total. The predicted octanol–water partition coefficient (Wildman–Crippen LogP) is 1.13. The fourth-order valence-electron chi connectivity index (χ4n) is 1.95. The third kappa shape index (κ3) is 3.71. The first-order valence-corrected chi connectivity index (χ1v) is 8.25. The number of pyridine rings is 1. The maximum atomic E-state index is 11.2. The molecule has 3 rings (SSSR count). The van der Waals surface area contributed by atoms with E-state index >= 15 is 0 Å². The molecule has 0 bridgehead atoms. The highest BCUT2D eigenvalue weighted by atomic mass is 32.2. The van der Waals surface area contributed by atoms with Crippen molar-refractivity contribution in [2.45, 2.75) is 11.4 Å². The Kier molecular flexibility index (Phi) is 4.04. The summed E-state index contributed by atoms with van der Waals surface area (Å²) in [6.07, 6.45) is 3.35. The molecule has 0 saturated heterocycles. The molecule has 0 aliphatic rings. The Morgan fingerprint density at radius 3 is 2.43 bits per heavy atom. The van der Waals surface area contributed by atoms with Crippen molar-refractivity contribution in [3.05, 3.63) is 54.6 Å². The largest absolute Gasteiger partial charge is 0.378 e. The van der Waals surface area contributed by atoms with Gasteiger partial charge in [-0.2, -0.15) is 5.10 Å². The minimum Gasteiger partial charge on any atom is -0.378 e. The first-order chi connectivity index (χ1) is 11.0. The minimum absolute atomic E-state index is 0.0719. The predicted molar refractivity (Wildman–Crippen MR) is 84.8 cm³/mol. The molecule has 0 fully saturated rings. The molecule has 0 unspecified atom stereocenters. The number of nitrogens with two attached hydrogens (primary N) is 1. The summed E-state index contributed by atoms with van der Waals surface area (Å²) < 4.78 is 22.4. The quantitative estimate of drug-likeness (QED) is 0.643. The summed E-state index contributed by atoms with van der Waals surface area (Å²) in [6, 6.07) is 9.82. The zero-order chi connectivity index (χ0) is 16.3. The Morgan fingerprint density at radius 2 is 1.78 bits per heavy atom.